The van der Waals surface area contributed by atoms with E-state index in [0.29, 0.717) is 41.2 Å². The maximum atomic E-state index is 12.0. The molecular formula is C16H23ClN4O2S. The number of nitrogens with one attached hydrogen (secondary N) is 2. The van der Waals surface area contributed by atoms with Gasteiger partial charge in [-0.15, -0.1) is 12.4 Å². The van der Waals surface area contributed by atoms with Crippen molar-refractivity contribution in [2.24, 2.45) is 0 Å². The Balaban J connectivity index is 0.00000288. The van der Waals surface area contributed by atoms with E-state index in [2.05, 4.69) is 15.3 Å². The van der Waals surface area contributed by atoms with Crippen molar-refractivity contribution in [1.29, 1.82) is 0 Å². The van der Waals surface area contributed by atoms with Crippen molar-refractivity contribution in [2.45, 2.75) is 12.2 Å². The third kappa shape index (κ3) is 5.81. The van der Waals surface area contributed by atoms with Crippen LogP contribution in [-0.4, -0.2) is 53.7 Å². The molecule has 0 fully saturated rings. The molecule has 1 aromatic carbocycles. The number of carbonyl (C=O) groups is 1. The van der Waals surface area contributed by atoms with Gasteiger partial charge in [0.05, 0.1) is 16.7 Å². The molecule has 0 aliphatic heterocycles. The van der Waals surface area contributed by atoms with E-state index in [-0.39, 0.29) is 23.9 Å². The van der Waals surface area contributed by atoms with Crippen molar-refractivity contribution < 1.29 is 4.79 Å². The van der Waals surface area contributed by atoms with Crippen molar-refractivity contribution in [3.63, 3.8) is 0 Å². The third-order valence-corrected chi connectivity index (χ3v) is 4.45. The fourth-order valence-electron chi connectivity index (χ4n) is 2.13. The van der Waals surface area contributed by atoms with Crippen LogP contribution in [0.3, 0.4) is 0 Å². The molecule has 24 heavy (non-hydrogen) atoms. The summed E-state index contributed by atoms with van der Waals surface area (Å²) in [5, 5.41) is 3.62. The van der Waals surface area contributed by atoms with E-state index in [1.807, 2.05) is 32.3 Å². The Morgan fingerprint density at radius 1 is 1.38 bits per heavy atom. The first-order valence-corrected chi connectivity index (χ1v) is 8.71. The molecule has 1 heterocycles. The van der Waals surface area contributed by atoms with Crippen molar-refractivity contribution in [3.8, 4) is 0 Å². The Kier molecular flexibility index (Phi) is 8.81. The van der Waals surface area contributed by atoms with Crippen LogP contribution in [-0.2, 0) is 10.5 Å². The van der Waals surface area contributed by atoms with Crippen LogP contribution in [0.25, 0.3) is 10.9 Å². The minimum absolute atomic E-state index is 0. The smallest absolute Gasteiger partial charge is 0.258 e. The zero-order valence-electron chi connectivity index (χ0n) is 13.9. The number of thioether (sulfide) groups is 1. The summed E-state index contributed by atoms with van der Waals surface area (Å²) >= 11 is 1.60. The predicted octanol–water partition coefficient (Wildman–Crippen LogP) is 1.65. The normalized spacial score (nSPS) is 10.4. The maximum Gasteiger partial charge on any atom is 0.258 e. The lowest BCUT2D eigenvalue weighted by atomic mass is 10.2. The monoisotopic (exact) mass is 370 g/mol. The van der Waals surface area contributed by atoms with Gasteiger partial charge in [-0.2, -0.15) is 11.8 Å². The second-order valence-electron chi connectivity index (χ2n) is 5.25. The number of carbonyl (C=O) groups excluding carboxylic acids is 1. The van der Waals surface area contributed by atoms with Gasteiger partial charge in [-0.3, -0.25) is 9.59 Å². The number of rotatable bonds is 8. The molecular weight excluding hydrogens is 348 g/mol. The molecule has 0 radical (unpaired) electrons. The number of hydrogen-bond acceptors (Lipinski definition) is 5. The molecule has 2 rings (SSSR count). The number of fused-ring (bicyclic) bond motifs is 1. The predicted molar refractivity (Wildman–Crippen MR) is 102 cm³/mol. The fourth-order valence-corrected chi connectivity index (χ4v) is 2.92. The zero-order valence-corrected chi connectivity index (χ0v) is 15.5. The average Bonchev–Trinajstić information content (AvgIpc) is 2.56. The van der Waals surface area contributed by atoms with Gasteiger partial charge in [-0.25, -0.2) is 4.98 Å². The number of nitrogens with zero attached hydrogens (tertiary/aromatic N) is 2. The minimum Gasteiger partial charge on any atom is -0.344 e. The Morgan fingerprint density at radius 3 is 2.88 bits per heavy atom. The molecule has 0 spiro atoms. The first kappa shape index (κ1) is 20.5. The van der Waals surface area contributed by atoms with Crippen LogP contribution >= 0.6 is 24.2 Å². The number of amides is 1. The third-order valence-electron chi connectivity index (χ3n) is 3.48. The summed E-state index contributed by atoms with van der Waals surface area (Å²) in [6.45, 7) is 1.50. The van der Waals surface area contributed by atoms with Gasteiger partial charge < -0.3 is 15.2 Å². The maximum absolute atomic E-state index is 12.0. The first-order chi connectivity index (χ1) is 11.1. The van der Waals surface area contributed by atoms with Gasteiger partial charge in [0.1, 0.15) is 5.82 Å². The molecule has 1 aromatic heterocycles. The molecule has 132 valence electrons. The van der Waals surface area contributed by atoms with Gasteiger partial charge in [0.15, 0.2) is 0 Å². The van der Waals surface area contributed by atoms with Crippen molar-refractivity contribution >= 4 is 41.0 Å². The zero-order chi connectivity index (χ0) is 16.7. The summed E-state index contributed by atoms with van der Waals surface area (Å²) in [5.74, 6) is 2.08. The molecule has 6 nitrogen and oxygen atoms in total. The van der Waals surface area contributed by atoms with Crippen LogP contribution in [0.15, 0.2) is 29.1 Å². The molecule has 0 saturated carbocycles. The van der Waals surface area contributed by atoms with Gasteiger partial charge in [-0.05, 0) is 19.2 Å². The van der Waals surface area contributed by atoms with Gasteiger partial charge >= 0.3 is 0 Å². The van der Waals surface area contributed by atoms with Crippen molar-refractivity contribution in [3.05, 3.63) is 40.4 Å². The lowest BCUT2D eigenvalue weighted by Crippen LogP contribution is -2.32. The summed E-state index contributed by atoms with van der Waals surface area (Å²) < 4.78 is 0. The lowest BCUT2D eigenvalue weighted by molar-refractivity contribution is -0.129. The second kappa shape index (κ2) is 10.3. The van der Waals surface area contributed by atoms with Crippen LogP contribution in [0.2, 0.25) is 0 Å². The second-order valence-corrected chi connectivity index (χ2v) is 6.36. The lowest BCUT2D eigenvalue weighted by Gasteiger charge is -2.16. The van der Waals surface area contributed by atoms with E-state index < -0.39 is 0 Å². The highest BCUT2D eigenvalue weighted by atomic mass is 35.5. The van der Waals surface area contributed by atoms with Crippen molar-refractivity contribution in [1.82, 2.24) is 20.2 Å². The van der Waals surface area contributed by atoms with E-state index in [1.165, 1.54) is 0 Å². The first-order valence-electron chi connectivity index (χ1n) is 7.56. The molecule has 0 unspecified atom stereocenters. The number of aromatic nitrogens is 2. The summed E-state index contributed by atoms with van der Waals surface area (Å²) in [4.78, 5) is 32.8. The highest BCUT2D eigenvalue weighted by molar-refractivity contribution is 7.98. The number of likely N-dealkylation sites (N-methyl/N-ethyl adjacent to an activating group) is 2. The number of H-pyrrole nitrogens is 1. The van der Waals surface area contributed by atoms with E-state index in [4.69, 9.17) is 0 Å². The molecule has 0 aliphatic carbocycles. The number of para-hydroxylation sites is 1. The average molecular weight is 371 g/mol. The van der Waals surface area contributed by atoms with Gasteiger partial charge in [0.2, 0.25) is 5.91 Å². The largest absolute Gasteiger partial charge is 0.344 e. The molecule has 2 aromatic rings. The van der Waals surface area contributed by atoms with Crippen LogP contribution in [0.5, 0.6) is 0 Å². The Hall–Kier alpha value is -1.57. The molecule has 0 saturated heterocycles. The van der Waals surface area contributed by atoms with Crippen LogP contribution in [0, 0.1) is 0 Å². The quantitative estimate of drug-likeness (QED) is 0.691. The SMILES string of the molecule is CNCCN(C)C(=O)CCSCc1nc2ccccc2c(=O)[nH]1.Cl. The number of hydrogen-bond donors (Lipinski definition) is 2. The number of halogens is 1. The van der Waals surface area contributed by atoms with Crippen LogP contribution in [0.4, 0.5) is 0 Å². The van der Waals surface area contributed by atoms with Gasteiger partial charge in [0, 0.05) is 32.3 Å². The summed E-state index contributed by atoms with van der Waals surface area (Å²) in [7, 11) is 3.68. The van der Waals surface area contributed by atoms with E-state index >= 15 is 0 Å². The molecule has 2 N–H and O–H groups in total. The van der Waals surface area contributed by atoms with Gasteiger partial charge in [0.25, 0.3) is 5.56 Å². The summed E-state index contributed by atoms with van der Waals surface area (Å²) in [6.07, 6.45) is 0.489. The van der Waals surface area contributed by atoms with Crippen LogP contribution in [0.1, 0.15) is 12.2 Å². The Labute approximate surface area is 151 Å². The van der Waals surface area contributed by atoms with E-state index in [9.17, 15) is 9.59 Å². The van der Waals surface area contributed by atoms with Gasteiger partial charge in [-0.1, -0.05) is 12.1 Å². The van der Waals surface area contributed by atoms with E-state index in [1.54, 1.807) is 22.7 Å². The molecule has 0 bridgehead atoms. The number of aromatic amines is 1. The fraction of sp³-hybridized carbons (Fsp3) is 0.438. The standard InChI is InChI=1S/C16H22N4O2S.ClH/c1-17-8-9-20(2)15(21)7-10-23-11-14-18-13-6-4-3-5-12(13)16(22)19-14;/h3-6,17H,7-11H2,1-2H3,(H,18,19,22);1H. The van der Waals surface area contributed by atoms with E-state index in [0.717, 1.165) is 6.54 Å². The molecule has 1 amide bonds. The topological polar surface area (TPSA) is 78.1 Å². The van der Waals surface area contributed by atoms with Crippen molar-refractivity contribution in [2.75, 3.05) is 32.9 Å². The summed E-state index contributed by atoms with van der Waals surface area (Å²) in [6, 6.07) is 7.28. The Bertz CT molecular complexity index is 723. The highest BCUT2D eigenvalue weighted by Gasteiger charge is 2.08. The highest BCUT2D eigenvalue weighted by Crippen LogP contribution is 2.12. The minimum atomic E-state index is -0.117. The molecule has 0 aliphatic rings. The Morgan fingerprint density at radius 2 is 2.12 bits per heavy atom. The summed E-state index contributed by atoms with van der Waals surface area (Å²) in [5.41, 5.74) is 0.587. The van der Waals surface area contributed by atoms with Crippen LogP contribution < -0.4 is 10.9 Å². The molecule has 8 heteroatoms. The number of benzene rings is 1. The molecule has 0 atom stereocenters.